The molecular weight excluding hydrogens is 785 g/mol. The predicted molar refractivity (Wildman–Crippen MR) is 199 cm³/mol. The first-order valence-electron chi connectivity index (χ1n) is 11.4. The van der Waals surface area contributed by atoms with Crippen molar-refractivity contribution in [2.45, 2.75) is 62.2 Å². The third-order valence-corrected chi connectivity index (χ3v) is 7.11. The number of rotatable bonds is 11. The van der Waals surface area contributed by atoms with Gasteiger partial charge in [0.05, 0.1) is 0 Å². The average Bonchev–Trinajstić information content (AvgIpc) is 2.86. The quantitative estimate of drug-likeness (QED) is 0.134. The van der Waals surface area contributed by atoms with Gasteiger partial charge in [0.15, 0.2) is 30.9 Å². The first-order chi connectivity index (χ1) is 19.6. The Labute approximate surface area is 308 Å². The Hall–Kier alpha value is 1.28. The van der Waals surface area contributed by atoms with Crippen LogP contribution in [0.3, 0.4) is 0 Å². The zero-order valence-corrected chi connectivity index (χ0v) is 31.7. The third-order valence-electron chi connectivity index (χ3n) is 5.81. The molecule has 0 bridgehead atoms. The van der Waals surface area contributed by atoms with Gasteiger partial charge in [-0.25, -0.2) is 0 Å². The molecule has 42 heavy (non-hydrogen) atoms. The summed E-state index contributed by atoms with van der Waals surface area (Å²) in [5.41, 5.74) is 0. The van der Waals surface area contributed by atoms with Crippen molar-refractivity contribution >= 4 is 175 Å². The van der Waals surface area contributed by atoms with E-state index in [2.05, 4.69) is 75.8 Å². The smallest absolute Gasteiger partial charge is 0.217 e. The SMILES string of the molecule is CO[C@@H]1O[C@@H](COC(=S)S)[C@@H](O[C@@H]2OC(COC(=S)S)[C@@H](C)[C@H](OC(=S)S)C2OC(=S)S)C(OC(=S)S)C1OC(=S)S. The van der Waals surface area contributed by atoms with Gasteiger partial charge in [0, 0.05) is 13.0 Å². The molecule has 22 heteroatoms. The summed E-state index contributed by atoms with van der Waals surface area (Å²) in [7, 11) is 1.39. The highest BCUT2D eigenvalue weighted by Gasteiger charge is 2.55. The lowest BCUT2D eigenvalue weighted by Gasteiger charge is -2.49. The largest absolute Gasteiger partial charge is 0.476 e. The third kappa shape index (κ3) is 12.5. The van der Waals surface area contributed by atoms with E-state index in [0.29, 0.717) is 0 Å². The zero-order chi connectivity index (χ0) is 31.7. The van der Waals surface area contributed by atoms with E-state index in [-0.39, 0.29) is 39.5 Å². The van der Waals surface area contributed by atoms with Crippen molar-refractivity contribution in [1.82, 2.24) is 0 Å². The molecule has 2 heterocycles. The van der Waals surface area contributed by atoms with Gasteiger partial charge in [-0.05, 0) is 73.3 Å². The number of thiocarbonyl (C=S) groups is 6. The van der Waals surface area contributed by atoms with E-state index in [4.69, 9.17) is 121 Å². The van der Waals surface area contributed by atoms with Crippen LogP contribution in [0.25, 0.3) is 0 Å². The maximum atomic E-state index is 6.51. The molecule has 0 amide bonds. The highest BCUT2D eigenvalue weighted by Crippen LogP contribution is 2.37. The van der Waals surface area contributed by atoms with Gasteiger partial charge >= 0.3 is 0 Å². The lowest BCUT2D eigenvalue weighted by molar-refractivity contribution is -0.345. The van der Waals surface area contributed by atoms with Gasteiger partial charge < -0.3 is 47.4 Å². The number of ether oxygens (including phenoxy) is 10. The van der Waals surface area contributed by atoms with Crippen LogP contribution in [0.1, 0.15) is 6.92 Å². The summed E-state index contributed by atoms with van der Waals surface area (Å²) in [5.74, 6) is -0.416. The fraction of sp³-hybridized carbons (Fsp3) is 0.700. The van der Waals surface area contributed by atoms with Crippen molar-refractivity contribution < 1.29 is 47.4 Å². The van der Waals surface area contributed by atoms with Crippen LogP contribution in [-0.2, 0) is 47.4 Å². The Kier molecular flexibility index (Phi) is 18.0. The molecular formula is C20H26O10S12. The Balaban J connectivity index is 2.60. The van der Waals surface area contributed by atoms with Crippen LogP contribution in [0.15, 0.2) is 0 Å². The summed E-state index contributed by atoms with van der Waals surface area (Å²) in [6.07, 6.45) is -9.05. The molecule has 2 rings (SSSR count). The van der Waals surface area contributed by atoms with Crippen LogP contribution in [0.4, 0.5) is 0 Å². The van der Waals surface area contributed by atoms with Crippen LogP contribution >= 0.6 is 149 Å². The van der Waals surface area contributed by atoms with Crippen molar-refractivity contribution in [2.75, 3.05) is 20.3 Å². The number of thiol groups is 6. The number of hydrogen-bond donors (Lipinski definition) is 6. The van der Waals surface area contributed by atoms with E-state index >= 15 is 0 Å². The van der Waals surface area contributed by atoms with Crippen LogP contribution < -0.4 is 0 Å². The highest BCUT2D eigenvalue weighted by molar-refractivity contribution is 8.12. The van der Waals surface area contributed by atoms with Crippen molar-refractivity contribution in [3.63, 3.8) is 0 Å². The average molecular weight is 811 g/mol. The Morgan fingerprint density at radius 2 is 0.952 bits per heavy atom. The second-order valence-corrected chi connectivity index (χ2v) is 14.8. The van der Waals surface area contributed by atoms with Crippen molar-refractivity contribution in [1.29, 1.82) is 0 Å². The van der Waals surface area contributed by atoms with E-state index in [1.807, 2.05) is 6.92 Å². The van der Waals surface area contributed by atoms with E-state index in [1.54, 1.807) is 0 Å². The van der Waals surface area contributed by atoms with Gasteiger partial charge in [-0.3, -0.25) is 0 Å². The lowest BCUT2D eigenvalue weighted by Crippen LogP contribution is -2.65. The second kappa shape index (κ2) is 19.2. The fourth-order valence-corrected chi connectivity index (χ4v) is 5.41. The highest BCUT2D eigenvalue weighted by atomic mass is 32.2. The second-order valence-electron chi connectivity index (χ2n) is 8.33. The van der Waals surface area contributed by atoms with E-state index in [1.165, 1.54) is 7.11 Å². The molecule has 0 aromatic rings. The molecule has 4 unspecified atom stereocenters. The van der Waals surface area contributed by atoms with Gasteiger partial charge in [-0.1, -0.05) is 82.7 Å². The Morgan fingerprint density at radius 3 is 1.40 bits per heavy atom. The molecule has 0 aliphatic carbocycles. The molecule has 2 saturated heterocycles. The summed E-state index contributed by atoms with van der Waals surface area (Å²) in [6, 6.07) is 0. The first kappa shape index (κ1) is 39.5. The van der Waals surface area contributed by atoms with E-state index in [0.717, 1.165) is 0 Å². The van der Waals surface area contributed by atoms with Crippen LogP contribution in [0.5, 0.6) is 0 Å². The summed E-state index contributed by atoms with van der Waals surface area (Å²) >= 11 is 54.9. The molecule has 0 aromatic heterocycles. The minimum atomic E-state index is -1.26. The molecule has 0 saturated carbocycles. The number of hydrogen-bond acceptors (Lipinski definition) is 16. The Bertz CT molecular complexity index is 1020. The van der Waals surface area contributed by atoms with Gasteiger partial charge in [-0.15, -0.1) is 0 Å². The first-order valence-corrected chi connectivity index (χ1v) is 16.6. The molecule has 2 fully saturated rings. The monoisotopic (exact) mass is 810 g/mol. The molecule has 2 aliphatic heterocycles. The van der Waals surface area contributed by atoms with E-state index in [9.17, 15) is 0 Å². The van der Waals surface area contributed by atoms with Gasteiger partial charge in [-0.2, -0.15) is 0 Å². The number of methoxy groups -OCH3 is 1. The normalized spacial score (nSPS) is 32.6. The van der Waals surface area contributed by atoms with E-state index < -0.39 is 61.2 Å². The molecule has 238 valence electrons. The summed E-state index contributed by atoms with van der Waals surface area (Å²) in [5, 5.41) is 0. The van der Waals surface area contributed by atoms with Crippen molar-refractivity contribution in [3.05, 3.63) is 0 Å². The Morgan fingerprint density at radius 1 is 0.548 bits per heavy atom. The van der Waals surface area contributed by atoms with Gasteiger partial charge in [0.1, 0.15) is 37.6 Å². The van der Waals surface area contributed by atoms with Gasteiger partial charge in [0.25, 0.3) is 0 Å². The summed E-state index contributed by atoms with van der Waals surface area (Å²) in [6.45, 7) is 1.64. The van der Waals surface area contributed by atoms with Crippen LogP contribution in [0.2, 0.25) is 0 Å². The maximum Gasteiger partial charge on any atom is 0.217 e. The van der Waals surface area contributed by atoms with Crippen molar-refractivity contribution in [2.24, 2.45) is 5.92 Å². The minimum Gasteiger partial charge on any atom is -0.476 e. The van der Waals surface area contributed by atoms with Gasteiger partial charge in [0.2, 0.25) is 26.3 Å². The summed E-state index contributed by atoms with van der Waals surface area (Å²) < 4.78 is 58.2. The molecule has 2 aliphatic rings. The minimum absolute atomic E-state index is 0.00468. The molecule has 0 aromatic carbocycles. The fourth-order valence-electron chi connectivity index (χ4n) is 4.19. The van der Waals surface area contributed by atoms with Crippen LogP contribution in [-0.4, -0.2) is 102 Å². The molecule has 10 nitrogen and oxygen atoms in total. The van der Waals surface area contributed by atoms with Crippen LogP contribution in [0, 0.1) is 5.92 Å². The topological polar surface area (TPSA) is 92.3 Å². The predicted octanol–water partition coefficient (Wildman–Crippen LogP) is 3.97. The zero-order valence-electron chi connectivity index (χ0n) is 21.4. The maximum absolute atomic E-state index is 6.51. The molecule has 0 radical (unpaired) electrons. The summed E-state index contributed by atoms with van der Waals surface area (Å²) in [4.78, 5) is 0. The lowest BCUT2D eigenvalue weighted by atomic mass is 9.90. The standard InChI is InChI=1S/C20H26O10S12/c1-5-6(3-22-15(31)32)24-14(11(29-19(39)40)8(5)27-17(35)36)26-9-7(4-23-16(33)34)25-13(21-2)12(30-20(41)42)10(9)28-18(37)38/h5-14H,3-4H2,1-2H3,(H,31,32)(H,33,34)(H,35,36)(H,37,38)(H,39,40)(H,41,42)/t5-,6?,7+,8+,9-,10?,11?,12?,13-,14+/m1/s1. The molecule has 10 atom stereocenters. The molecule has 0 spiro atoms. The van der Waals surface area contributed by atoms with Crippen molar-refractivity contribution in [3.8, 4) is 0 Å². The molecule has 0 N–H and O–H groups in total.